The summed E-state index contributed by atoms with van der Waals surface area (Å²) >= 11 is 0. The standard InChI is InChI=1S/C7H5N.CH4/c1-2-7-5-3-4-6-8-7;/h1,3-6H;1H4. The van der Waals surface area contributed by atoms with Crippen molar-refractivity contribution >= 4 is 0 Å². The van der Waals surface area contributed by atoms with Crippen LogP contribution in [0.2, 0.25) is 0 Å². The van der Waals surface area contributed by atoms with E-state index in [9.17, 15) is 0 Å². The van der Waals surface area contributed by atoms with E-state index in [0.717, 1.165) is 0 Å². The third-order valence-electron chi connectivity index (χ3n) is 0.813. The van der Waals surface area contributed by atoms with Gasteiger partial charge in [0, 0.05) is 6.20 Å². The van der Waals surface area contributed by atoms with Crippen LogP contribution in [0.5, 0.6) is 0 Å². The van der Waals surface area contributed by atoms with Crippen LogP contribution in [-0.2, 0) is 0 Å². The summed E-state index contributed by atoms with van der Waals surface area (Å²) in [4.78, 5) is 3.86. The first-order valence-electron chi connectivity index (χ1n) is 2.31. The molecule has 0 radical (unpaired) electrons. The van der Waals surface area contributed by atoms with E-state index >= 15 is 0 Å². The molecular weight excluding hydrogens is 110 g/mol. The largest absolute Gasteiger partial charge is 0.248 e. The van der Waals surface area contributed by atoms with Crippen LogP contribution < -0.4 is 0 Å². The van der Waals surface area contributed by atoms with Gasteiger partial charge in [0.05, 0.1) is 0 Å². The molecule has 0 saturated carbocycles. The molecule has 1 heterocycles. The van der Waals surface area contributed by atoms with Crippen molar-refractivity contribution in [3.8, 4) is 12.3 Å². The molecule has 0 N–H and O–H groups in total. The summed E-state index contributed by atoms with van der Waals surface area (Å²) in [6.07, 6.45) is 6.71. The van der Waals surface area contributed by atoms with Gasteiger partial charge in [0.2, 0.25) is 0 Å². The number of aromatic nitrogens is 1. The molecule has 0 spiro atoms. The highest BCUT2D eigenvalue weighted by Crippen LogP contribution is 1.86. The first-order valence-corrected chi connectivity index (χ1v) is 2.31. The van der Waals surface area contributed by atoms with Crippen molar-refractivity contribution in [1.29, 1.82) is 0 Å². The van der Waals surface area contributed by atoms with Gasteiger partial charge in [-0.05, 0) is 12.1 Å². The fourth-order valence-electron chi connectivity index (χ4n) is 0.448. The van der Waals surface area contributed by atoms with Gasteiger partial charge in [-0.3, -0.25) is 0 Å². The zero-order chi connectivity index (χ0) is 5.82. The van der Waals surface area contributed by atoms with Crippen molar-refractivity contribution in [2.24, 2.45) is 0 Å². The lowest BCUT2D eigenvalue weighted by atomic mass is 10.4. The fourth-order valence-corrected chi connectivity index (χ4v) is 0.448. The maximum absolute atomic E-state index is 5.04. The number of hydrogen-bond acceptors (Lipinski definition) is 1. The normalized spacial score (nSPS) is 7.00. The maximum Gasteiger partial charge on any atom is 0.112 e. The summed E-state index contributed by atoms with van der Waals surface area (Å²) in [5, 5.41) is 0. The van der Waals surface area contributed by atoms with Crippen LogP contribution in [0, 0.1) is 12.3 Å². The van der Waals surface area contributed by atoms with E-state index < -0.39 is 0 Å². The lowest BCUT2D eigenvalue weighted by molar-refractivity contribution is 1.29. The van der Waals surface area contributed by atoms with Gasteiger partial charge in [0.15, 0.2) is 0 Å². The molecule has 0 bridgehead atoms. The minimum Gasteiger partial charge on any atom is -0.248 e. The smallest absolute Gasteiger partial charge is 0.112 e. The number of rotatable bonds is 0. The van der Waals surface area contributed by atoms with Gasteiger partial charge < -0.3 is 0 Å². The van der Waals surface area contributed by atoms with E-state index in [1.54, 1.807) is 12.3 Å². The minimum absolute atomic E-state index is 0. The van der Waals surface area contributed by atoms with E-state index in [1.165, 1.54) is 0 Å². The Morgan fingerprint density at radius 3 is 2.56 bits per heavy atom. The quantitative estimate of drug-likeness (QED) is 0.474. The zero-order valence-electron chi connectivity index (χ0n) is 4.33. The van der Waals surface area contributed by atoms with Gasteiger partial charge in [0.25, 0.3) is 0 Å². The first-order chi connectivity index (χ1) is 3.93. The molecule has 9 heavy (non-hydrogen) atoms. The van der Waals surface area contributed by atoms with E-state index in [-0.39, 0.29) is 7.43 Å². The Hall–Kier alpha value is -1.29. The van der Waals surface area contributed by atoms with E-state index in [1.807, 2.05) is 12.1 Å². The SMILES string of the molecule is C.C#Cc1ccccn1. The summed E-state index contributed by atoms with van der Waals surface area (Å²) in [5.74, 6) is 2.42. The predicted molar refractivity (Wildman–Crippen MR) is 38.9 cm³/mol. The summed E-state index contributed by atoms with van der Waals surface area (Å²) in [6.45, 7) is 0. The van der Waals surface area contributed by atoms with Gasteiger partial charge in [-0.1, -0.05) is 19.4 Å². The van der Waals surface area contributed by atoms with Gasteiger partial charge in [-0.25, -0.2) is 4.98 Å². The molecule has 0 saturated heterocycles. The number of hydrogen-bond donors (Lipinski definition) is 0. The average Bonchev–Trinajstić information content (AvgIpc) is 1.90. The van der Waals surface area contributed by atoms with Gasteiger partial charge >= 0.3 is 0 Å². The molecule has 0 aliphatic heterocycles. The van der Waals surface area contributed by atoms with Crippen LogP contribution in [0.25, 0.3) is 0 Å². The number of pyridine rings is 1. The molecule has 0 aliphatic carbocycles. The summed E-state index contributed by atoms with van der Waals surface area (Å²) < 4.78 is 0. The van der Waals surface area contributed by atoms with Crippen molar-refractivity contribution in [1.82, 2.24) is 4.98 Å². The second-order valence-electron chi connectivity index (χ2n) is 1.36. The topological polar surface area (TPSA) is 12.9 Å². The summed E-state index contributed by atoms with van der Waals surface area (Å²) in [7, 11) is 0. The Morgan fingerprint density at radius 2 is 2.22 bits per heavy atom. The molecular formula is C8H9N. The van der Waals surface area contributed by atoms with Crippen molar-refractivity contribution in [2.75, 3.05) is 0 Å². The Bertz CT molecular complexity index is 196. The molecule has 0 amide bonds. The van der Waals surface area contributed by atoms with Crippen LogP contribution in [0.1, 0.15) is 13.1 Å². The number of nitrogens with zero attached hydrogens (tertiary/aromatic N) is 1. The maximum atomic E-state index is 5.04. The Labute approximate surface area is 55.8 Å². The van der Waals surface area contributed by atoms with Crippen LogP contribution in [-0.4, -0.2) is 4.98 Å². The summed E-state index contributed by atoms with van der Waals surface area (Å²) in [5.41, 5.74) is 0.688. The molecule has 1 rings (SSSR count). The van der Waals surface area contributed by atoms with E-state index in [4.69, 9.17) is 6.42 Å². The van der Waals surface area contributed by atoms with E-state index in [2.05, 4.69) is 10.9 Å². The first kappa shape index (κ1) is 7.71. The monoisotopic (exact) mass is 119 g/mol. The molecule has 0 atom stereocenters. The van der Waals surface area contributed by atoms with Crippen LogP contribution in [0.4, 0.5) is 0 Å². The Balaban J connectivity index is 0.000000640. The van der Waals surface area contributed by atoms with E-state index in [0.29, 0.717) is 5.69 Å². The third kappa shape index (κ3) is 1.96. The molecule has 46 valence electrons. The van der Waals surface area contributed by atoms with Crippen LogP contribution in [0.15, 0.2) is 24.4 Å². The fraction of sp³-hybridized carbons (Fsp3) is 0.125. The predicted octanol–water partition coefficient (Wildman–Crippen LogP) is 1.70. The average molecular weight is 119 g/mol. The molecule has 0 unspecified atom stereocenters. The molecule has 0 aromatic carbocycles. The molecule has 0 fully saturated rings. The van der Waals surface area contributed by atoms with Crippen LogP contribution >= 0.6 is 0 Å². The summed E-state index contributed by atoms with van der Waals surface area (Å²) in [6, 6.07) is 5.49. The molecule has 1 aromatic heterocycles. The molecule has 1 nitrogen and oxygen atoms in total. The minimum atomic E-state index is 0. The lowest BCUT2D eigenvalue weighted by Crippen LogP contribution is -1.75. The highest BCUT2D eigenvalue weighted by atomic mass is 14.6. The van der Waals surface area contributed by atoms with Gasteiger partial charge in [-0.15, -0.1) is 6.42 Å². The Kier molecular flexibility index (Phi) is 3.15. The second kappa shape index (κ2) is 3.68. The highest BCUT2D eigenvalue weighted by molar-refractivity contribution is 5.22. The third-order valence-corrected chi connectivity index (χ3v) is 0.813. The lowest BCUT2D eigenvalue weighted by Gasteiger charge is -1.81. The Morgan fingerprint density at radius 1 is 1.44 bits per heavy atom. The van der Waals surface area contributed by atoms with Crippen molar-refractivity contribution in [3.63, 3.8) is 0 Å². The van der Waals surface area contributed by atoms with Crippen molar-refractivity contribution in [2.45, 2.75) is 7.43 Å². The molecule has 1 aromatic rings. The van der Waals surface area contributed by atoms with Crippen LogP contribution in [0.3, 0.4) is 0 Å². The second-order valence-corrected chi connectivity index (χ2v) is 1.36. The van der Waals surface area contributed by atoms with Gasteiger partial charge in [-0.2, -0.15) is 0 Å². The molecule has 1 heteroatoms. The van der Waals surface area contributed by atoms with Crippen molar-refractivity contribution < 1.29 is 0 Å². The highest BCUT2D eigenvalue weighted by Gasteiger charge is 1.78. The van der Waals surface area contributed by atoms with Gasteiger partial charge in [0.1, 0.15) is 5.69 Å². The number of terminal acetylenes is 1. The molecule has 0 aliphatic rings. The van der Waals surface area contributed by atoms with Crippen molar-refractivity contribution in [3.05, 3.63) is 30.1 Å². The zero-order valence-corrected chi connectivity index (χ0v) is 4.33.